The fraction of sp³-hybridized carbons (Fsp3) is 0.316. The number of anilines is 1. The number of benzene rings is 1. The van der Waals surface area contributed by atoms with Gasteiger partial charge in [0.15, 0.2) is 5.76 Å². The summed E-state index contributed by atoms with van der Waals surface area (Å²) in [6, 6.07) is 7.20. The quantitative estimate of drug-likeness (QED) is 0.473. The van der Waals surface area contributed by atoms with E-state index >= 15 is 0 Å². The topological polar surface area (TPSA) is 147 Å². The zero-order chi connectivity index (χ0) is 23.0. The molecule has 0 atom stereocenters. The van der Waals surface area contributed by atoms with Gasteiger partial charge >= 0.3 is 0 Å². The lowest BCUT2D eigenvalue weighted by Gasteiger charge is -2.16. The van der Waals surface area contributed by atoms with Crippen LogP contribution in [0, 0.1) is 0 Å². The molecule has 0 fully saturated rings. The first-order valence-corrected chi connectivity index (χ1v) is 10.7. The SMILES string of the molecule is CCOc1ccc(NC(=O)CNC(=O)CNC(=O)c2ccco2)cc1S(=O)(=O)N(C)C. The fourth-order valence-electron chi connectivity index (χ4n) is 2.36. The van der Waals surface area contributed by atoms with Gasteiger partial charge in [-0.1, -0.05) is 0 Å². The summed E-state index contributed by atoms with van der Waals surface area (Å²) in [4.78, 5) is 35.5. The van der Waals surface area contributed by atoms with E-state index in [0.717, 1.165) is 4.31 Å². The van der Waals surface area contributed by atoms with E-state index in [-0.39, 0.29) is 41.8 Å². The van der Waals surface area contributed by atoms with Crippen LogP contribution in [-0.4, -0.2) is 64.2 Å². The molecule has 0 aliphatic carbocycles. The summed E-state index contributed by atoms with van der Waals surface area (Å²) < 4.78 is 36.4. The van der Waals surface area contributed by atoms with Crippen molar-refractivity contribution in [1.29, 1.82) is 0 Å². The van der Waals surface area contributed by atoms with Crippen LogP contribution in [0.2, 0.25) is 0 Å². The summed E-state index contributed by atoms with van der Waals surface area (Å²) in [7, 11) is -1.04. The van der Waals surface area contributed by atoms with Gasteiger partial charge in [0.25, 0.3) is 5.91 Å². The van der Waals surface area contributed by atoms with Crippen molar-refractivity contribution in [1.82, 2.24) is 14.9 Å². The summed E-state index contributed by atoms with van der Waals surface area (Å²) in [6.07, 6.45) is 1.33. The summed E-state index contributed by atoms with van der Waals surface area (Å²) in [5.41, 5.74) is 0.217. The number of amides is 3. The normalized spacial score (nSPS) is 11.1. The molecule has 0 bridgehead atoms. The minimum Gasteiger partial charge on any atom is -0.492 e. The monoisotopic (exact) mass is 452 g/mol. The summed E-state index contributed by atoms with van der Waals surface area (Å²) in [5, 5.41) is 7.21. The molecule has 1 aromatic carbocycles. The second-order valence-electron chi connectivity index (χ2n) is 6.37. The Bertz CT molecular complexity index is 1030. The van der Waals surface area contributed by atoms with Gasteiger partial charge in [0.05, 0.1) is 26.0 Å². The third-order valence-corrected chi connectivity index (χ3v) is 5.72. The van der Waals surface area contributed by atoms with Crippen molar-refractivity contribution in [2.45, 2.75) is 11.8 Å². The second-order valence-corrected chi connectivity index (χ2v) is 8.49. The van der Waals surface area contributed by atoms with E-state index in [2.05, 4.69) is 16.0 Å². The Morgan fingerprint density at radius 3 is 2.39 bits per heavy atom. The van der Waals surface area contributed by atoms with E-state index in [0.29, 0.717) is 0 Å². The predicted octanol–water partition coefficient (Wildman–Crippen LogP) is 0.413. The molecule has 3 N–H and O–H groups in total. The maximum absolute atomic E-state index is 12.5. The minimum atomic E-state index is -3.81. The largest absolute Gasteiger partial charge is 0.492 e. The molecular formula is C19H24N4O7S. The van der Waals surface area contributed by atoms with Crippen molar-refractivity contribution in [2.24, 2.45) is 0 Å². The molecule has 0 aliphatic heterocycles. The Balaban J connectivity index is 1.94. The average Bonchev–Trinajstić information content (AvgIpc) is 3.26. The van der Waals surface area contributed by atoms with Crippen LogP contribution in [0.4, 0.5) is 5.69 Å². The number of nitrogens with zero attached hydrogens (tertiary/aromatic N) is 1. The lowest BCUT2D eigenvalue weighted by Crippen LogP contribution is -2.40. The van der Waals surface area contributed by atoms with Crippen molar-refractivity contribution in [3.63, 3.8) is 0 Å². The lowest BCUT2D eigenvalue weighted by molar-refractivity contribution is -0.123. The Hall–Kier alpha value is -3.38. The van der Waals surface area contributed by atoms with E-state index < -0.39 is 27.7 Å². The highest BCUT2D eigenvalue weighted by Gasteiger charge is 2.23. The van der Waals surface area contributed by atoms with E-state index in [1.807, 2.05) is 0 Å². The molecule has 0 saturated carbocycles. The van der Waals surface area contributed by atoms with E-state index in [4.69, 9.17) is 9.15 Å². The number of ether oxygens (including phenoxy) is 1. The highest BCUT2D eigenvalue weighted by atomic mass is 32.2. The van der Waals surface area contributed by atoms with Gasteiger partial charge in [0.2, 0.25) is 21.8 Å². The Labute approximate surface area is 179 Å². The number of carbonyl (C=O) groups is 3. The molecule has 12 heteroatoms. The highest BCUT2D eigenvalue weighted by molar-refractivity contribution is 7.89. The number of sulfonamides is 1. The van der Waals surface area contributed by atoms with E-state index in [1.165, 1.54) is 50.7 Å². The third-order valence-electron chi connectivity index (χ3n) is 3.89. The van der Waals surface area contributed by atoms with Gasteiger partial charge in [0.1, 0.15) is 10.6 Å². The number of hydrogen-bond donors (Lipinski definition) is 3. The molecule has 3 amide bonds. The van der Waals surface area contributed by atoms with Gasteiger partial charge in [-0.25, -0.2) is 12.7 Å². The molecule has 2 rings (SSSR count). The van der Waals surface area contributed by atoms with Crippen molar-refractivity contribution >= 4 is 33.4 Å². The van der Waals surface area contributed by atoms with Crippen molar-refractivity contribution < 1.29 is 32.0 Å². The van der Waals surface area contributed by atoms with Crippen LogP contribution in [0.5, 0.6) is 5.75 Å². The Morgan fingerprint density at radius 1 is 1.06 bits per heavy atom. The fourth-order valence-corrected chi connectivity index (χ4v) is 3.41. The smallest absolute Gasteiger partial charge is 0.287 e. The Kier molecular flexibility index (Phi) is 8.16. The van der Waals surface area contributed by atoms with Gasteiger partial charge < -0.3 is 25.1 Å². The number of carbonyl (C=O) groups excluding carboxylic acids is 3. The van der Waals surface area contributed by atoms with Gasteiger partial charge in [-0.3, -0.25) is 14.4 Å². The van der Waals surface area contributed by atoms with E-state index in [1.54, 1.807) is 6.92 Å². The summed E-state index contributed by atoms with van der Waals surface area (Å²) in [5.74, 6) is -1.51. The predicted molar refractivity (Wildman–Crippen MR) is 111 cm³/mol. The number of nitrogens with one attached hydrogen (secondary N) is 3. The zero-order valence-electron chi connectivity index (χ0n) is 17.3. The third kappa shape index (κ3) is 6.55. The van der Waals surface area contributed by atoms with Gasteiger partial charge in [-0.15, -0.1) is 0 Å². The maximum atomic E-state index is 12.5. The molecule has 1 aromatic heterocycles. The van der Waals surface area contributed by atoms with Crippen molar-refractivity contribution in [3.8, 4) is 5.75 Å². The van der Waals surface area contributed by atoms with Crippen LogP contribution in [0.25, 0.3) is 0 Å². The molecule has 0 spiro atoms. The van der Waals surface area contributed by atoms with E-state index in [9.17, 15) is 22.8 Å². The van der Waals surface area contributed by atoms with Gasteiger partial charge in [-0.05, 0) is 37.3 Å². The van der Waals surface area contributed by atoms with Crippen molar-refractivity contribution in [2.75, 3.05) is 39.1 Å². The first-order valence-electron chi connectivity index (χ1n) is 9.22. The minimum absolute atomic E-state index is 0.0597. The molecule has 1 heterocycles. The standard InChI is InChI=1S/C19H24N4O7S/c1-4-29-14-8-7-13(10-16(14)31(27,28)23(2)3)22-18(25)12-20-17(24)11-21-19(26)15-6-5-9-30-15/h5-10H,4,11-12H2,1-3H3,(H,20,24)(H,21,26)(H,22,25). The molecule has 2 aromatic rings. The second kappa shape index (κ2) is 10.6. The molecule has 0 unspecified atom stereocenters. The molecular weight excluding hydrogens is 428 g/mol. The van der Waals surface area contributed by atoms with Gasteiger partial charge in [0, 0.05) is 19.8 Å². The molecule has 0 radical (unpaired) electrons. The van der Waals surface area contributed by atoms with Crippen LogP contribution in [-0.2, 0) is 19.6 Å². The average molecular weight is 452 g/mol. The van der Waals surface area contributed by atoms with Crippen LogP contribution >= 0.6 is 0 Å². The maximum Gasteiger partial charge on any atom is 0.287 e. The van der Waals surface area contributed by atoms with Crippen LogP contribution in [0.3, 0.4) is 0 Å². The molecule has 168 valence electrons. The van der Waals surface area contributed by atoms with Crippen LogP contribution in [0.1, 0.15) is 17.5 Å². The number of hydrogen-bond acceptors (Lipinski definition) is 7. The first-order chi connectivity index (χ1) is 14.6. The highest BCUT2D eigenvalue weighted by Crippen LogP contribution is 2.29. The van der Waals surface area contributed by atoms with Gasteiger partial charge in [-0.2, -0.15) is 0 Å². The first kappa shape index (κ1) is 23.9. The molecule has 0 saturated heterocycles. The molecule has 31 heavy (non-hydrogen) atoms. The van der Waals surface area contributed by atoms with Crippen LogP contribution < -0.4 is 20.7 Å². The molecule has 0 aliphatic rings. The summed E-state index contributed by atoms with van der Waals surface area (Å²) in [6.45, 7) is 1.27. The summed E-state index contributed by atoms with van der Waals surface area (Å²) >= 11 is 0. The number of furan rings is 1. The van der Waals surface area contributed by atoms with Crippen molar-refractivity contribution in [3.05, 3.63) is 42.4 Å². The molecule has 11 nitrogen and oxygen atoms in total. The van der Waals surface area contributed by atoms with Crippen LogP contribution in [0.15, 0.2) is 45.9 Å². The lowest BCUT2D eigenvalue weighted by atomic mass is 10.3. The number of rotatable bonds is 10. The Morgan fingerprint density at radius 2 is 1.77 bits per heavy atom. The zero-order valence-corrected chi connectivity index (χ0v) is 18.1.